The Bertz CT molecular complexity index is 1060. The number of nitrogen functional groups attached to an aromatic ring is 1. The largest absolute Gasteiger partial charge is 0.368 e. The average Bonchev–Trinajstić information content (AvgIpc) is 3.11. The van der Waals surface area contributed by atoms with Crippen molar-refractivity contribution in [2.75, 3.05) is 5.73 Å². The van der Waals surface area contributed by atoms with Gasteiger partial charge in [-0.2, -0.15) is 9.67 Å². The lowest BCUT2D eigenvalue weighted by Gasteiger charge is -2.16. The summed E-state index contributed by atoms with van der Waals surface area (Å²) < 4.78 is 1.21. The van der Waals surface area contributed by atoms with Crippen LogP contribution in [0.25, 0.3) is 11.4 Å². The molecule has 0 saturated carbocycles. The number of nitrogens with two attached hydrogens (primary N) is 1. The van der Waals surface area contributed by atoms with Crippen molar-refractivity contribution in [1.82, 2.24) is 14.8 Å². The van der Waals surface area contributed by atoms with Gasteiger partial charge in [-0.15, -0.1) is 5.10 Å². The zero-order valence-electron chi connectivity index (χ0n) is 15.5. The summed E-state index contributed by atoms with van der Waals surface area (Å²) in [6.45, 7) is 1.98. The topological polar surface area (TPSA) is 73.8 Å². The monoisotopic (exact) mass is 368 g/mol. The summed E-state index contributed by atoms with van der Waals surface area (Å²) in [6.07, 6.45) is 0. The van der Waals surface area contributed by atoms with E-state index < -0.39 is 5.92 Å². The van der Waals surface area contributed by atoms with Gasteiger partial charge in [-0.1, -0.05) is 84.9 Å². The summed E-state index contributed by atoms with van der Waals surface area (Å²) in [7, 11) is 0. The summed E-state index contributed by atoms with van der Waals surface area (Å²) in [4.78, 5) is 17.8. The minimum absolute atomic E-state index is 0.0834. The van der Waals surface area contributed by atoms with E-state index in [4.69, 9.17) is 5.73 Å². The van der Waals surface area contributed by atoms with Crippen LogP contribution in [0, 0.1) is 6.92 Å². The first-order chi connectivity index (χ1) is 13.6. The van der Waals surface area contributed by atoms with E-state index in [0.29, 0.717) is 5.82 Å². The summed E-state index contributed by atoms with van der Waals surface area (Å²) in [5, 5.41) is 4.44. The van der Waals surface area contributed by atoms with Crippen molar-refractivity contribution in [2.45, 2.75) is 12.8 Å². The smallest absolute Gasteiger partial charge is 0.262 e. The maximum atomic E-state index is 13.5. The number of anilines is 1. The second kappa shape index (κ2) is 7.48. The zero-order valence-corrected chi connectivity index (χ0v) is 15.5. The van der Waals surface area contributed by atoms with Gasteiger partial charge in [0.15, 0.2) is 5.82 Å². The van der Waals surface area contributed by atoms with E-state index in [0.717, 1.165) is 22.3 Å². The molecule has 28 heavy (non-hydrogen) atoms. The Morgan fingerprint density at radius 2 is 1.39 bits per heavy atom. The van der Waals surface area contributed by atoms with Crippen LogP contribution in [-0.4, -0.2) is 20.7 Å². The molecule has 0 spiro atoms. The zero-order chi connectivity index (χ0) is 19.5. The molecule has 5 nitrogen and oxygen atoms in total. The van der Waals surface area contributed by atoms with Crippen molar-refractivity contribution in [3.8, 4) is 11.4 Å². The minimum Gasteiger partial charge on any atom is -0.368 e. The number of nitrogens with zero attached hydrogens (tertiary/aromatic N) is 3. The van der Waals surface area contributed by atoms with Gasteiger partial charge in [-0.3, -0.25) is 4.79 Å². The summed E-state index contributed by atoms with van der Waals surface area (Å²) in [6, 6.07) is 27.0. The number of hydrogen-bond acceptors (Lipinski definition) is 4. The fourth-order valence-electron chi connectivity index (χ4n) is 3.32. The normalized spacial score (nSPS) is 10.9. The van der Waals surface area contributed by atoms with Crippen molar-refractivity contribution in [2.24, 2.45) is 0 Å². The van der Waals surface area contributed by atoms with Crippen LogP contribution >= 0.6 is 0 Å². The molecule has 2 N–H and O–H groups in total. The first-order valence-electron chi connectivity index (χ1n) is 9.08. The molecule has 138 valence electrons. The summed E-state index contributed by atoms with van der Waals surface area (Å²) >= 11 is 0. The highest BCUT2D eigenvalue weighted by atomic mass is 16.2. The van der Waals surface area contributed by atoms with Gasteiger partial charge in [0.1, 0.15) is 0 Å². The molecular formula is C23H20N4O. The van der Waals surface area contributed by atoms with Crippen LogP contribution in [0.2, 0.25) is 0 Å². The Kier molecular flexibility index (Phi) is 4.72. The van der Waals surface area contributed by atoms with E-state index >= 15 is 0 Å². The van der Waals surface area contributed by atoms with E-state index in [1.807, 2.05) is 91.9 Å². The number of rotatable bonds is 4. The highest BCUT2D eigenvalue weighted by Gasteiger charge is 2.27. The van der Waals surface area contributed by atoms with Crippen LogP contribution in [-0.2, 0) is 0 Å². The van der Waals surface area contributed by atoms with Gasteiger partial charge in [0.2, 0.25) is 5.95 Å². The Morgan fingerprint density at radius 1 is 0.857 bits per heavy atom. The maximum Gasteiger partial charge on any atom is 0.262 e. The highest BCUT2D eigenvalue weighted by Crippen LogP contribution is 2.28. The molecule has 0 unspecified atom stereocenters. The molecule has 4 rings (SSSR count). The van der Waals surface area contributed by atoms with E-state index in [1.165, 1.54) is 4.68 Å². The van der Waals surface area contributed by atoms with Gasteiger partial charge in [-0.05, 0) is 23.6 Å². The first kappa shape index (κ1) is 17.7. The third-order valence-electron chi connectivity index (χ3n) is 4.74. The number of carbonyl (C=O) groups is 1. The summed E-state index contributed by atoms with van der Waals surface area (Å²) in [5.41, 5.74) is 9.73. The maximum absolute atomic E-state index is 13.5. The quantitative estimate of drug-likeness (QED) is 0.582. The molecule has 0 radical (unpaired) electrons. The molecule has 0 saturated heterocycles. The Balaban J connectivity index is 1.79. The van der Waals surface area contributed by atoms with Crippen molar-refractivity contribution >= 4 is 11.9 Å². The van der Waals surface area contributed by atoms with Crippen LogP contribution in [0.15, 0.2) is 84.9 Å². The third-order valence-corrected chi connectivity index (χ3v) is 4.74. The molecule has 3 aromatic carbocycles. The van der Waals surface area contributed by atoms with Crippen LogP contribution in [0.1, 0.15) is 27.4 Å². The fraction of sp³-hybridized carbons (Fsp3) is 0.0870. The highest BCUT2D eigenvalue weighted by molar-refractivity contribution is 5.90. The van der Waals surface area contributed by atoms with Gasteiger partial charge < -0.3 is 5.73 Å². The van der Waals surface area contributed by atoms with Crippen molar-refractivity contribution in [3.63, 3.8) is 0 Å². The molecule has 0 bridgehead atoms. The molecule has 0 aliphatic heterocycles. The first-order valence-corrected chi connectivity index (χ1v) is 9.08. The lowest BCUT2D eigenvalue weighted by molar-refractivity contribution is 0.0880. The Morgan fingerprint density at radius 3 is 1.96 bits per heavy atom. The molecule has 5 heteroatoms. The lowest BCUT2D eigenvalue weighted by atomic mass is 9.90. The van der Waals surface area contributed by atoms with Gasteiger partial charge in [0, 0.05) is 5.56 Å². The number of aromatic nitrogens is 3. The minimum atomic E-state index is -0.517. The van der Waals surface area contributed by atoms with Gasteiger partial charge >= 0.3 is 0 Å². The number of benzene rings is 3. The van der Waals surface area contributed by atoms with Crippen molar-refractivity contribution in [1.29, 1.82) is 0 Å². The van der Waals surface area contributed by atoms with Gasteiger partial charge in [0.25, 0.3) is 5.91 Å². The molecule has 0 fully saturated rings. The second-order valence-electron chi connectivity index (χ2n) is 6.61. The predicted octanol–water partition coefficient (Wildman–Crippen LogP) is 4.31. The van der Waals surface area contributed by atoms with Crippen molar-refractivity contribution in [3.05, 3.63) is 102 Å². The van der Waals surface area contributed by atoms with Crippen LogP contribution < -0.4 is 5.73 Å². The third kappa shape index (κ3) is 3.30. The second-order valence-corrected chi connectivity index (χ2v) is 6.61. The van der Waals surface area contributed by atoms with E-state index in [2.05, 4.69) is 10.1 Å². The van der Waals surface area contributed by atoms with E-state index in [1.54, 1.807) is 0 Å². The fourth-order valence-corrected chi connectivity index (χ4v) is 3.32. The number of carbonyl (C=O) groups excluding carboxylic acids is 1. The Hall–Kier alpha value is -3.73. The average molecular weight is 368 g/mol. The number of aryl methyl sites for hydroxylation is 1. The number of hydrogen-bond donors (Lipinski definition) is 1. The lowest BCUT2D eigenvalue weighted by Crippen LogP contribution is -2.24. The molecule has 4 aromatic rings. The molecule has 0 aliphatic carbocycles. The standard InChI is InChI=1S/C23H20N4O/c1-16-10-8-9-15-19(16)21-25-23(24)27(26-21)22(28)20(17-11-4-2-5-12-17)18-13-6-3-7-14-18/h2-15,20H,1H3,(H2,24,25,26). The predicted molar refractivity (Wildman–Crippen MR) is 110 cm³/mol. The molecule has 0 aliphatic rings. The SMILES string of the molecule is Cc1ccccc1-c1nc(N)n(C(=O)C(c2ccccc2)c2ccccc2)n1. The summed E-state index contributed by atoms with van der Waals surface area (Å²) in [5.74, 6) is -0.220. The molecule has 0 amide bonds. The van der Waals surface area contributed by atoms with Crippen LogP contribution in [0.3, 0.4) is 0 Å². The van der Waals surface area contributed by atoms with E-state index in [-0.39, 0.29) is 11.9 Å². The molecule has 1 aromatic heterocycles. The van der Waals surface area contributed by atoms with Crippen LogP contribution in [0.5, 0.6) is 0 Å². The van der Waals surface area contributed by atoms with Crippen molar-refractivity contribution < 1.29 is 4.79 Å². The molecular weight excluding hydrogens is 348 g/mol. The van der Waals surface area contributed by atoms with E-state index in [9.17, 15) is 4.79 Å². The Labute approximate surface area is 163 Å². The molecule has 0 atom stereocenters. The van der Waals surface area contributed by atoms with Gasteiger partial charge in [-0.25, -0.2) is 0 Å². The van der Waals surface area contributed by atoms with Crippen LogP contribution in [0.4, 0.5) is 5.95 Å². The molecule has 1 heterocycles. The van der Waals surface area contributed by atoms with Gasteiger partial charge in [0.05, 0.1) is 5.92 Å².